The van der Waals surface area contributed by atoms with Gasteiger partial charge in [-0.3, -0.25) is 15.0 Å². The van der Waals surface area contributed by atoms with Gasteiger partial charge in [-0.2, -0.15) is 0 Å². The van der Waals surface area contributed by atoms with Crippen LogP contribution in [0.25, 0.3) is 0 Å². The van der Waals surface area contributed by atoms with E-state index in [-0.39, 0.29) is 17.5 Å². The quantitative estimate of drug-likeness (QED) is 0.570. The average Bonchev–Trinajstić information content (AvgIpc) is 3.09. The first-order valence-electron chi connectivity index (χ1n) is 8.54. The highest BCUT2D eigenvalue weighted by Gasteiger charge is 2.26. The summed E-state index contributed by atoms with van der Waals surface area (Å²) in [7, 11) is 0. The number of nitrogens with one attached hydrogen (secondary N) is 2. The fourth-order valence-electron chi connectivity index (χ4n) is 3.21. The van der Waals surface area contributed by atoms with Crippen molar-refractivity contribution in [3.63, 3.8) is 0 Å². The number of anilines is 2. The second-order valence-electron chi connectivity index (χ2n) is 6.18. The van der Waals surface area contributed by atoms with E-state index in [1.54, 1.807) is 0 Å². The van der Waals surface area contributed by atoms with Crippen LogP contribution in [-0.2, 0) is 4.74 Å². The molecular formula is C15H24N6O3. The third-order valence-electron chi connectivity index (χ3n) is 4.53. The highest BCUT2D eigenvalue weighted by atomic mass is 16.6. The molecule has 0 amide bonds. The maximum absolute atomic E-state index is 11.5. The molecule has 132 valence electrons. The molecule has 0 spiro atoms. The van der Waals surface area contributed by atoms with E-state index >= 15 is 0 Å². The van der Waals surface area contributed by atoms with Crippen LogP contribution in [0, 0.1) is 10.1 Å². The predicted molar refractivity (Wildman–Crippen MR) is 90.3 cm³/mol. The van der Waals surface area contributed by atoms with Crippen molar-refractivity contribution in [2.75, 3.05) is 50.0 Å². The lowest BCUT2D eigenvalue weighted by Crippen LogP contribution is -2.39. The van der Waals surface area contributed by atoms with E-state index in [2.05, 4.69) is 25.5 Å². The Morgan fingerprint density at radius 1 is 1.25 bits per heavy atom. The van der Waals surface area contributed by atoms with Gasteiger partial charge in [-0.15, -0.1) is 0 Å². The Morgan fingerprint density at radius 3 is 2.67 bits per heavy atom. The van der Waals surface area contributed by atoms with Crippen LogP contribution in [0.3, 0.4) is 0 Å². The van der Waals surface area contributed by atoms with Crippen molar-refractivity contribution in [3.8, 4) is 0 Å². The summed E-state index contributed by atoms with van der Waals surface area (Å²) < 4.78 is 5.31. The van der Waals surface area contributed by atoms with Gasteiger partial charge in [0, 0.05) is 32.2 Å². The van der Waals surface area contributed by atoms with E-state index in [1.165, 1.54) is 6.33 Å². The Kier molecular flexibility index (Phi) is 5.76. The summed E-state index contributed by atoms with van der Waals surface area (Å²) in [6, 6.07) is 0.264. The van der Waals surface area contributed by atoms with Crippen molar-refractivity contribution in [1.82, 2.24) is 14.9 Å². The minimum atomic E-state index is -0.408. The highest BCUT2D eigenvalue weighted by molar-refractivity contribution is 5.69. The van der Waals surface area contributed by atoms with Gasteiger partial charge < -0.3 is 15.4 Å². The maximum Gasteiger partial charge on any atom is 0.353 e. The monoisotopic (exact) mass is 336 g/mol. The molecule has 1 saturated carbocycles. The molecule has 9 heteroatoms. The van der Waals surface area contributed by atoms with Crippen molar-refractivity contribution >= 4 is 17.3 Å². The van der Waals surface area contributed by atoms with E-state index in [1.807, 2.05) is 0 Å². The zero-order valence-electron chi connectivity index (χ0n) is 13.7. The minimum Gasteiger partial charge on any atom is -0.379 e. The number of hydrogen-bond donors (Lipinski definition) is 2. The molecule has 2 fully saturated rings. The second kappa shape index (κ2) is 8.20. The molecular weight excluding hydrogens is 312 g/mol. The molecule has 2 N–H and O–H groups in total. The van der Waals surface area contributed by atoms with Gasteiger partial charge in [0.1, 0.15) is 6.33 Å². The fourth-order valence-corrected chi connectivity index (χ4v) is 3.21. The Hall–Kier alpha value is -2.00. The first-order valence-corrected chi connectivity index (χ1v) is 8.54. The Balaban J connectivity index is 1.63. The molecule has 0 unspecified atom stereocenters. The van der Waals surface area contributed by atoms with Gasteiger partial charge in [-0.1, -0.05) is 12.8 Å². The highest BCUT2D eigenvalue weighted by Crippen LogP contribution is 2.31. The molecule has 1 aromatic heterocycles. The van der Waals surface area contributed by atoms with E-state index in [0.29, 0.717) is 12.4 Å². The topological polar surface area (TPSA) is 105 Å². The first-order chi connectivity index (χ1) is 11.7. The van der Waals surface area contributed by atoms with Gasteiger partial charge in [-0.25, -0.2) is 9.97 Å². The minimum absolute atomic E-state index is 0.0635. The molecule has 2 aliphatic rings. The Morgan fingerprint density at radius 2 is 1.96 bits per heavy atom. The number of rotatable bonds is 7. The molecule has 3 rings (SSSR count). The molecule has 24 heavy (non-hydrogen) atoms. The SMILES string of the molecule is O=[N+]([O-])c1c(NCCN2CCOCC2)ncnc1NC1CCCC1. The summed E-state index contributed by atoms with van der Waals surface area (Å²) in [5.74, 6) is 0.597. The summed E-state index contributed by atoms with van der Waals surface area (Å²) in [6.07, 6.45) is 5.74. The van der Waals surface area contributed by atoms with Gasteiger partial charge in [-0.05, 0) is 12.8 Å². The van der Waals surface area contributed by atoms with E-state index in [9.17, 15) is 10.1 Å². The first kappa shape index (κ1) is 16.8. The standard InChI is InChI=1S/C15H24N6O3/c22-21(23)13-14(16-5-6-20-7-9-24-10-8-20)17-11-18-15(13)19-12-3-1-2-4-12/h11-12H,1-10H2,(H2,16,17,18,19). The lowest BCUT2D eigenvalue weighted by molar-refractivity contribution is -0.383. The normalized spacial score (nSPS) is 19.3. The lowest BCUT2D eigenvalue weighted by atomic mass is 10.2. The van der Waals surface area contributed by atoms with Crippen molar-refractivity contribution in [1.29, 1.82) is 0 Å². The second-order valence-corrected chi connectivity index (χ2v) is 6.18. The van der Waals surface area contributed by atoms with Gasteiger partial charge in [0.25, 0.3) is 0 Å². The van der Waals surface area contributed by atoms with Gasteiger partial charge in [0.15, 0.2) is 0 Å². The molecule has 1 saturated heterocycles. The molecule has 0 aromatic carbocycles. The molecule has 2 heterocycles. The molecule has 0 bridgehead atoms. The van der Waals surface area contributed by atoms with E-state index < -0.39 is 4.92 Å². The van der Waals surface area contributed by atoms with Gasteiger partial charge in [0.2, 0.25) is 11.6 Å². The van der Waals surface area contributed by atoms with Gasteiger partial charge in [0.05, 0.1) is 18.1 Å². The third kappa shape index (κ3) is 4.30. The Labute approximate surface area is 140 Å². The Bertz CT molecular complexity index is 558. The van der Waals surface area contributed by atoms with E-state index in [0.717, 1.165) is 58.5 Å². The number of morpholine rings is 1. The van der Waals surface area contributed by atoms with Crippen LogP contribution in [-0.4, -0.2) is 65.2 Å². The predicted octanol–water partition coefficient (Wildman–Crippen LogP) is 1.48. The van der Waals surface area contributed by atoms with Crippen molar-refractivity contribution in [3.05, 3.63) is 16.4 Å². The summed E-state index contributed by atoms with van der Waals surface area (Å²) >= 11 is 0. The zero-order valence-corrected chi connectivity index (χ0v) is 13.7. The summed E-state index contributed by atoms with van der Waals surface area (Å²) in [5.41, 5.74) is -0.0635. The maximum atomic E-state index is 11.5. The lowest BCUT2D eigenvalue weighted by Gasteiger charge is -2.26. The molecule has 1 aromatic rings. The van der Waals surface area contributed by atoms with Gasteiger partial charge >= 0.3 is 5.69 Å². The van der Waals surface area contributed by atoms with Crippen LogP contribution in [0.5, 0.6) is 0 Å². The van der Waals surface area contributed by atoms with Crippen LogP contribution in [0.15, 0.2) is 6.33 Å². The van der Waals surface area contributed by atoms with Crippen LogP contribution in [0.1, 0.15) is 25.7 Å². The smallest absolute Gasteiger partial charge is 0.353 e. The van der Waals surface area contributed by atoms with E-state index in [4.69, 9.17) is 4.74 Å². The largest absolute Gasteiger partial charge is 0.379 e. The number of nitrogens with zero attached hydrogens (tertiary/aromatic N) is 4. The van der Waals surface area contributed by atoms with Crippen LogP contribution in [0.2, 0.25) is 0 Å². The number of ether oxygens (including phenoxy) is 1. The average molecular weight is 336 g/mol. The number of nitro groups is 1. The fraction of sp³-hybridized carbons (Fsp3) is 0.733. The molecule has 9 nitrogen and oxygen atoms in total. The van der Waals surface area contributed by atoms with Crippen molar-refractivity contribution in [2.24, 2.45) is 0 Å². The molecule has 0 radical (unpaired) electrons. The van der Waals surface area contributed by atoms with Crippen LogP contribution < -0.4 is 10.6 Å². The molecule has 1 aliphatic carbocycles. The van der Waals surface area contributed by atoms with Crippen molar-refractivity contribution < 1.29 is 9.66 Å². The third-order valence-corrected chi connectivity index (χ3v) is 4.53. The summed E-state index contributed by atoms with van der Waals surface area (Å²) in [4.78, 5) is 21.5. The van der Waals surface area contributed by atoms with Crippen molar-refractivity contribution in [2.45, 2.75) is 31.7 Å². The zero-order chi connectivity index (χ0) is 16.8. The molecule has 0 atom stereocenters. The molecule has 1 aliphatic heterocycles. The van der Waals surface area contributed by atoms with Crippen LogP contribution in [0.4, 0.5) is 17.3 Å². The summed E-state index contributed by atoms with van der Waals surface area (Å²) in [6.45, 7) is 4.66. The number of aromatic nitrogens is 2. The number of hydrogen-bond acceptors (Lipinski definition) is 8. The summed E-state index contributed by atoms with van der Waals surface area (Å²) in [5, 5.41) is 17.8. The van der Waals surface area contributed by atoms with Crippen LogP contribution >= 0.6 is 0 Å².